The summed E-state index contributed by atoms with van der Waals surface area (Å²) in [5.41, 5.74) is 8.86. The number of nitrogens with zero attached hydrogens (tertiary/aromatic N) is 2. The van der Waals surface area contributed by atoms with E-state index in [-0.39, 0.29) is 5.82 Å². The van der Waals surface area contributed by atoms with Gasteiger partial charge in [-0.25, -0.2) is 9.37 Å². The number of fused-ring (bicyclic) bond motifs is 1. The molecule has 0 spiro atoms. The molecule has 0 atom stereocenters. The lowest BCUT2D eigenvalue weighted by Gasteiger charge is -2.20. The van der Waals surface area contributed by atoms with E-state index in [1.807, 2.05) is 12.1 Å². The van der Waals surface area contributed by atoms with E-state index in [1.54, 1.807) is 0 Å². The first-order valence-corrected chi connectivity index (χ1v) is 5.99. The van der Waals surface area contributed by atoms with E-state index in [2.05, 4.69) is 22.0 Å². The van der Waals surface area contributed by atoms with Crippen LogP contribution in [0.4, 0.5) is 15.9 Å². The number of pyridine rings is 1. The molecule has 0 saturated carbocycles. The summed E-state index contributed by atoms with van der Waals surface area (Å²) in [6.07, 6.45) is 2.23. The molecule has 2 N–H and O–H groups in total. The maximum absolute atomic E-state index is 13.2. The van der Waals surface area contributed by atoms with Gasteiger partial charge in [0.05, 0.1) is 6.20 Å². The fourth-order valence-corrected chi connectivity index (χ4v) is 2.43. The van der Waals surface area contributed by atoms with Gasteiger partial charge in [-0.2, -0.15) is 0 Å². The number of rotatable bonds is 2. The van der Waals surface area contributed by atoms with Gasteiger partial charge in [0.15, 0.2) is 0 Å². The minimum absolute atomic E-state index is 0.290. The number of halogens is 1. The third-order valence-corrected chi connectivity index (χ3v) is 3.27. The Morgan fingerprint density at radius 2 is 2.17 bits per heavy atom. The van der Waals surface area contributed by atoms with E-state index in [1.165, 1.54) is 17.8 Å². The van der Waals surface area contributed by atoms with Gasteiger partial charge in [-0.1, -0.05) is 18.2 Å². The van der Waals surface area contributed by atoms with Crippen molar-refractivity contribution >= 4 is 11.5 Å². The lowest BCUT2D eigenvalue weighted by molar-refractivity contribution is 0.618. The maximum Gasteiger partial charge on any atom is 0.141 e. The fraction of sp³-hybridized carbons (Fsp3) is 0.214. The van der Waals surface area contributed by atoms with Gasteiger partial charge in [-0.3, -0.25) is 0 Å². The molecule has 0 radical (unpaired) electrons. The number of nitrogens with two attached hydrogens (primary N) is 1. The van der Waals surface area contributed by atoms with Gasteiger partial charge < -0.3 is 10.6 Å². The van der Waals surface area contributed by atoms with E-state index in [0.717, 1.165) is 30.0 Å². The minimum Gasteiger partial charge on any atom is -0.326 e. The van der Waals surface area contributed by atoms with Crippen molar-refractivity contribution in [2.75, 3.05) is 11.4 Å². The topological polar surface area (TPSA) is 42.1 Å². The van der Waals surface area contributed by atoms with Crippen LogP contribution in [0, 0.1) is 5.82 Å². The van der Waals surface area contributed by atoms with Crippen LogP contribution in [-0.2, 0) is 13.0 Å². The lowest BCUT2D eigenvalue weighted by Crippen LogP contribution is -2.18. The van der Waals surface area contributed by atoms with Crippen LogP contribution in [-0.4, -0.2) is 11.5 Å². The van der Waals surface area contributed by atoms with Crippen molar-refractivity contribution in [3.63, 3.8) is 0 Å². The van der Waals surface area contributed by atoms with Gasteiger partial charge in [0, 0.05) is 24.3 Å². The van der Waals surface area contributed by atoms with Crippen molar-refractivity contribution in [3.8, 4) is 0 Å². The Morgan fingerprint density at radius 1 is 1.33 bits per heavy atom. The van der Waals surface area contributed by atoms with Gasteiger partial charge in [-0.15, -0.1) is 0 Å². The Morgan fingerprint density at radius 3 is 3.00 bits per heavy atom. The molecule has 1 aliphatic rings. The Bertz CT molecular complexity index is 583. The third kappa shape index (κ3) is 1.75. The SMILES string of the molecule is NCc1cc(F)cnc1N1CCc2ccccc21. The summed E-state index contributed by atoms with van der Waals surface area (Å²) in [6.45, 7) is 1.16. The molecule has 3 rings (SSSR count). The number of hydrogen-bond acceptors (Lipinski definition) is 3. The third-order valence-electron chi connectivity index (χ3n) is 3.27. The fourth-order valence-electron chi connectivity index (χ4n) is 2.43. The largest absolute Gasteiger partial charge is 0.326 e. The first-order valence-electron chi connectivity index (χ1n) is 5.99. The number of para-hydroxylation sites is 1. The van der Waals surface area contributed by atoms with Gasteiger partial charge in [0.2, 0.25) is 0 Å². The average Bonchev–Trinajstić information content (AvgIpc) is 2.82. The van der Waals surface area contributed by atoms with Crippen molar-refractivity contribution < 1.29 is 4.39 Å². The number of hydrogen-bond donors (Lipinski definition) is 1. The van der Waals surface area contributed by atoms with Crippen molar-refractivity contribution in [3.05, 3.63) is 53.5 Å². The average molecular weight is 243 g/mol. The zero-order chi connectivity index (χ0) is 12.5. The number of aromatic nitrogens is 1. The summed E-state index contributed by atoms with van der Waals surface area (Å²) in [6, 6.07) is 9.67. The summed E-state index contributed by atoms with van der Waals surface area (Å²) < 4.78 is 13.2. The Labute approximate surface area is 105 Å². The van der Waals surface area contributed by atoms with Crippen LogP contribution in [0.15, 0.2) is 36.5 Å². The first kappa shape index (κ1) is 11.2. The van der Waals surface area contributed by atoms with Gasteiger partial charge in [-0.05, 0) is 24.1 Å². The highest BCUT2D eigenvalue weighted by molar-refractivity contribution is 5.69. The highest BCUT2D eigenvalue weighted by Crippen LogP contribution is 2.34. The van der Waals surface area contributed by atoms with Gasteiger partial charge in [0.1, 0.15) is 11.6 Å². The van der Waals surface area contributed by atoms with Crippen LogP contribution < -0.4 is 10.6 Å². The normalized spacial score (nSPS) is 13.8. The van der Waals surface area contributed by atoms with Crippen molar-refractivity contribution in [1.29, 1.82) is 0 Å². The molecule has 3 nitrogen and oxygen atoms in total. The minimum atomic E-state index is -0.341. The van der Waals surface area contributed by atoms with Crippen LogP contribution in [0.5, 0.6) is 0 Å². The van der Waals surface area contributed by atoms with E-state index in [4.69, 9.17) is 5.73 Å². The molecule has 92 valence electrons. The molecular weight excluding hydrogens is 229 g/mol. The van der Waals surface area contributed by atoms with Crippen LogP contribution >= 0.6 is 0 Å². The molecule has 2 aromatic rings. The van der Waals surface area contributed by atoms with Gasteiger partial charge >= 0.3 is 0 Å². The predicted molar refractivity (Wildman–Crippen MR) is 69.2 cm³/mol. The van der Waals surface area contributed by atoms with Crippen LogP contribution in [0.3, 0.4) is 0 Å². The van der Waals surface area contributed by atoms with Crippen LogP contribution in [0.25, 0.3) is 0 Å². The smallest absolute Gasteiger partial charge is 0.141 e. The maximum atomic E-state index is 13.2. The molecule has 1 aromatic heterocycles. The summed E-state index contributed by atoms with van der Waals surface area (Å²) in [4.78, 5) is 6.31. The van der Waals surface area contributed by atoms with Crippen LogP contribution in [0.2, 0.25) is 0 Å². The van der Waals surface area contributed by atoms with E-state index in [9.17, 15) is 4.39 Å². The Kier molecular flexibility index (Phi) is 2.72. The van der Waals surface area contributed by atoms with Crippen molar-refractivity contribution in [2.45, 2.75) is 13.0 Å². The monoisotopic (exact) mass is 243 g/mol. The Hall–Kier alpha value is -1.94. The molecule has 0 fully saturated rings. The molecule has 0 unspecified atom stereocenters. The lowest BCUT2D eigenvalue weighted by atomic mass is 10.2. The zero-order valence-electron chi connectivity index (χ0n) is 9.94. The standard InChI is InChI=1S/C14H14FN3/c15-12-7-11(8-16)14(17-9-12)18-6-5-10-3-1-2-4-13(10)18/h1-4,7,9H,5-6,8,16H2. The van der Waals surface area contributed by atoms with Gasteiger partial charge in [0.25, 0.3) is 0 Å². The molecule has 4 heteroatoms. The van der Waals surface area contributed by atoms with Crippen molar-refractivity contribution in [1.82, 2.24) is 4.98 Å². The number of anilines is 2. The number of benzene rings is 1. The molecule has 2 heterocycles. The summed E-state index contributed by atoms with van der Waals surface area (Å²) >= 11 is 0. The first-order chi connectivity index (χ1) is 8.79. The second-order valence-electron chi connectivity index (χ2n) is 4.37. The summed E-state index contributed by atoms with van der Waals surface area (Å²) in [7, 11) is 0. The zero-order valence-corrected chi connectivity index (χ0v) is 9.94. The quantitative estimate of drug-likeness (QED) is 0.880. The highest BCUT2D eigenvalue weighted by Gasteiger charge is 2.22. The predicted octanol–water partition coefficient (Wildman–Crippen LogP) is 2.37. The van der Waals surface area contributed by atoms with E-state index >= 15 is 0 Å². The van der Waals surface area contributed by atoms with E-state index < -0.39 is 0 Å². The molecule has 0 amide bonds. The second kappa shape index (κ2) is 4.38. The highest BCUT2D eigenvalue weighted by atomic mass is 19.1. The molecule has 0 aliphatic carbocycles. The van der Waals surface area contributed by atoms with Crippen molar-refractivity contribution in [2.24, 2.45) is 5.73 Å². The summed E-state index contributed by atoms with van der Waals surface area (Å²) in [5, 5.41) is 0. The molecule has 1 aromatic carbocycles. The molecule has 18 heavy (non-hydrogen) atoms. The molecule has 1 aliphatic heterocycles. The second-order valence-corrected chi connectivity index (χ2v) is 4.37. The molecular formula is C14H14FN3. The molecule has 0 saturated heterocycles. The van der Waals surface area contributed by atoms with E-state index in [0.29, 0.717) is 6.54 Å². The molecule has 0 bridgehead atoms. The summed E-state index contributed by atoms with van der Waals surface area (Å²) in [5.74, 6) is 0.426. The Balaban J connectivity index is 2.07. The van der Waals surface area contributed by atoms with Crippen LogP contribution in [0.1, 0.15) is 11.1 Å².